The van der Waals surface area contributed by atoms with Crippen LogP contribution in [0.2, 0.25) is 10.0 Å². The van der Waals surface area contributed by atoms with Crippen LogP contribution < -0.4 is 10.6 Å². The zero-order chi connectivity index (χ0) is 22.1. The smallest absolute Gasteiger partial charge is 0.245 e. The summed E-state index contributed by atoms with van der Waals surface area (Å²) in [7, 11) is 0. The molecule has 0 aromatic heterocycles. The van der Waals surface area contributed by atoms with Crippen LogP contribution in [0.15, 0.2) is 42.5 Å². The number of aliphatic hydroxyl groups excluding tert-OH is 1. The van der Waals surface area contributed by atoms with E-state index in [0.29, 0.717) is 10.7 Å². The van der Waals surface area contributed by atoms with E-state index in [0.717, 1.165) is 0 Å². The fourth-order valence-corrected chi connectivity index (χ4v) is 4.45. The SMILES string of the molecule is C[C@@]1(C(=O)Nc2cccc(Cl)c2)N[C@@H](CCO)[C@@H]([N+](=O)[O-])[C@@H]1c1cccc(Cl)c1F. The van der Waals surface area contributed by atoms with Gasteiger partial charge in [-0.2, -0.15) is 0 Å². The number of carbonyl (C=O) groups excluding carboxylic acids is 1. The minimum absolute atomic E-state index is 0.0182. The Labute approximate surface area is 182 Å². The van der Waals surface area contributed by atoms with Crippen LogP contribution in [0.25, 0.3) is 0 Å². The number of anilines is 1. The Morgan fingerprint density at radius 3 is 2.67 bits per heavy atom. The largest absolute Gasteiger partial charge is 0.396 e. The third kappa shape index (κ3) is 4.13. The zero-order valence-electron chi connectivity index (χ0n) is 15.9. The van der Waals surface area contributed by atoms with Crippen LogP contribution in [0.3, 0.4) is 0 Å². The Kier molecular flexibility index (Phi) is 6.62. The first-order chi connectivity index (χ1) is 14.2. The molecule has 0 radical (unpaired) electrons. The molecule has 10 heteroatoms. The monoisotopic (exact) mass is 455 g/mol. The third-order valence-corrected chi connectivity index (χ3v) is 5.94. The minimum atomic E-state index is -1.56. The molecular weight excluding hydrogens is 436 g/mol. The van der Waals surface area contributed by atoms with Gasteiger partial charge in [0.2, 0.25) is 11.9 Å². The van der Waals surface area contributed by atoms with Crippen LogP contribution in [0, 0.1) is 15.9 Å². The lowest BCUT2D eigenvalue weighted by molar-refractivity contribution is -0.527. The Morgan fingerprint density at radius 1 is 1.33 bits per heavy atom. The normalized spacial score (nSPS) is 25.8. The van der Waals surface area contributed by atoms with Crippen molar-refractivity contribution in [3.63, 3.8) is 0 Å². The van der Waals surface area contributed by atoms with Gasteiger partial charge in [-0.1, -0.05) is 41.4 Å². The fraction of sp³-hybridized carbons (Fsp3) is 0.350. The van der Waals surface area contributed by atoms with E-state index in [-0.39, 0.29) is 23.6 Å². The van der Waals surface area contributed by atoms with E-state index in [2.05, 4.69) is 10.6 Å². The number of nitro groups is 1. The van der Waals surface area contributed by atoms with Crippen molar-refractivity contribution in [2.45, 2.75) is 36.9 Å². The lowest BCUT2D eigenvalue weighted by Crippen LogP contribution is -2.53. The molecule has 1 amide bonds. The van der Waals surface area contributed by atoms with E-state index in [1.54, 1.807) is 18.2 Å². The standard InChI is InChI=1S/C20H20Cl2FN3O4/c1-20(19(28)24-12-5-2-4-11(21)10-12)16(13-6-3-7-14(22)17(13)23)18(26(29)30)15(25-20)8-9-27/h2-7,10,15-16,18,25,27H,8-9H2,1H3,(H,24,28)/t15-,16-,18+,20+/m0/s1. The van der Waals surface area contributed by atoms with Gasteiger partial charge in [0.1, 0.15) is 11.4 Å². The van der Waals surface area contributed by atoms with Crippen LogP contribution in [-0.4, -0.2) is 40.2 Å². The predicted octanol–water partition coefficient (Wildman–Crippen LogP) is 3.61. The molecule has 0 saturated carbocycles. The zero-order valence-corrected chi connectivity index (χ0v) is 17.5. The Bertz CT molecular complexity index is 977. The quantitative estimate of drug-likeness (QED) is 0.455. The van der Waals surface area contributed by atoms with Gasteiger partial charge in [0.15, 0.2) is 0 Å². The number of carbonyl (C=O) groups is 1. The highest BCUT2D eigenvalue weighted by Crippen LogP contribution is 2.43. The average molecular weight is 456 g/mol. The summed E-state index contributed by atoms with van der Waals surface area (Å²) in [5.41, 5.74) is -1.21. The lowest BCUT2D eigenvalue weighted by atomic mass is 9.77. The third-order valence-electron chi connectivity index (χ3n) is 5.42. The van der Waals surface area contributed by atoms with Gasteiger partial charge in [-0.15, -0.1) is 0 Å². The number of rotatable bonds is 6. The number of aliphatic hydroxyl groups is 1. The van der Waals surface area contributed by atoms with E-state index in [9.17, 15) is 24.4 Å². The summed E-state index contributed by atoms with van der Waals surface area (Å²) in [5, 5.41) is 27.2. The van der Waals surface area contributed by atoms with E-state index in [4.69, 9.17) is 23.2 Å². The summed E-state index contributed by atoms with van der Waals surface area (Å²) >= 11 is 11.9. The lowest BCUT2D eigenvalue weighted by Gasteiger charge is -2.30. The number of benzene rings is 2. The highest BCUT2D eigenvalue weighted by atomic mass is 35.5. The average Bonchev–Trinajstić information content (AvgIpc) is 2.98. The van der Waals surface area contributed by atoms with Crippen LogP contribution >= 0.6 is 23.2 Å². The van der Waals surface area contributed by atoms with Crippen molar-refractivity contribution in [2.24, 2.45) is 0 Å². The molecule has 30 heavy (non-hydrogen) atoms. The van der Waals surface area contributed by atoms with Gasteiger partial charge < -0.3 is 10.4 Å². The van der Waals surface area contributed by atoms with E-state index >= 15 is 0 Å². The van der Waals surface area contributed by atoms with Gasteiger partial charge in [0.25, 0.3) is 0 Å². The molecule has 1 aliphatic heterocycles. The van der Waals surface area contributed by atoms with E-state index in [1.165, 1.54) is 31.2 Å². The van der Waals surface area contributed by atoms with Gasteiger partial charge in [0.05, 0.1) is 17.0 Å². The number of nitrogens with zero attached hydrogens (tertiary/aromatic N) is 1. The fourth-order valence-electron chi connectivity index (χ4n) is 4.07. The molecule has 160 valence electrons. The van der Waals surface area contributed by atoms with Crippen molar-refractivity contribution < 1.29 is 19.2 Å². The summed E-state index contributed by atoms with van der Waals surface area (Å²) in [4.78, 5) is 24.7. The first-order valence-electron chi connectivity index (χ1n) is 9.22. The molecule has 2 aromatic carbocycles. The van der Waals surface area contributed by atoms with Gasteiger partial charge in [-0.25, -0.2) is 4.39 Å². The van der Waals surface area contributed by atoms with Crippen molar-refractivity contribution in [2.75, 3.05) is 11.9 Å². The second kappa shape index (κ2) is 8.85. The van der Waals surface area contributed by atoms with Crippen molar-refractivity contribution >= 4 is 34.8 Å². The number of hydrogen-bond acceptors (Lipinski definition) is 5. The van der Waals surface area contributed by atoms with Crippen molar-refractivity contribution in [3.05, 3.63) is 74.0 Å². The summed E-state index contributed by atoms with van der Waals surface area (Å²) in [5.74, 6) is -2.59. The topological polar surface area (TPSA) is 104 Å². The second-order valence-corrected chi connectivity index (χ2v) is 8.17. The second-order valence-electron chi connectivity index (χ2n) is 7.33. The Balaban J connectivity index is 2.09. The van der Waals surface area contributed by atoms with Crippen molar-refractivity contribution in [1.29, 1.82) is 0 Å². The van der Waals surface area contributed by atoms with Crippen LogP contribution in [0.1, 0.15) is 24.8 Å². The first-order valence-corrected chi connectivity index (χ1v) is 9.97. The summed E-state index contributed by atoms with van der Waals surface area (Å²) < 4.78 is 14.9. The van der Waals surface area contributed by atoms with Gasteiger partial charge in [-0.05, 0) is 37.6 Å². The maximum Gasteiger partial charge on any atom is 0.245 e. The highest BCUT2D eigenvalue weighted by molar-refractivity contribution is 6.31. The minimum Gasteiger partial charge on any atom is -0.396 e. The molecule has 1 saturated heterocycles. The van der Waals surface area contributed by atoms with Gasteiger partial charge in [0, 0.05) is 27.8 Å². The molecule has 0 spiro atoms. The Hall–Kier alpha value is -2.26. The van der Waals surface area contributed by atoms with Crippen LogP contribution in [-0.2, 0) is 4.79 Å². The molecule has 2 aromatic rings. The van der Waals surface area contributed by atoms with Gasteiger partial charge >= 0.3 is 0 Å². The van der Waals surface area contributed by atoms with E-state index < -0.39 is 40.2 Å². The molecule has 1 fully saturated rings. The number of amides is 1. The number of hydrogen-bond donors (Lipinski definition) is 3. The van der Waals surface area contributed by atoms with Crippen LogP contribution in [0.4, 0.5) is 10.1 Å². The molecule has 4 atom stereocenters. The molecular formula is C20H20Cl2FN3O4. The maximum absolute atomic E-state index is 14.9. The molecule has 3 N–H and O–H groups in total. The molecule has 0 unspecified atom stereocenters. The summed E-state index contributed by atoms with van der Waals surface area (Å²) in [6.45, 7) is 1.14. The summed E-state index contributed by atoms with van der Waals surface area (Å²) in [6, 6.07) is 8.41. The summed E-state index contributed by atoms with van der Waals surface area (Å²) in [6.07, 6.45) is 0.0182. The number of nitrogens with one attached hydrogen (secondary N) is 2. The molecule has 7 nitrogen and oxygen atoms in total. The van der Waals surface area contributed by atoms with E-state index in [1.807, 2.05) is 0 Å². The highest BCUT2D eigenvalue weighted by Gasteiger charge is 2.61. The van der Waals surface area contributed by atoms with Crippen molar-refractivity contribution in [1.82, 2.24) is 5.32 Å². The Morgan fingerprint density at radius 2 is 2.03 bits per heavy atom. The molecule has 0 aliphatic carbocycles. The molecule has 1 aliphatic rings. The molecule has 3 rings (SSSR count). The molecule has 0 bridgehead atoms. The van der Waals surface area contributed by atoms with Crippen LogP contribution in [0.5, 0.6) is 0 Å². The molecule has 1 heterocycles. The van der Waals surface area contributed by atoms with Crippen molar-refractivity contribution in [3.8, 4) is 0 Å². The number of halogens is 3. The maximum atomic E-state index is 14.9. The predicted molar refractivity (Wildman–Crippen MR) is 112 cm³/mol. The van der Waals surface area contributed by atoms with Gasteiger partial charge in [-0.3, -0.25) is 20.2 Å². The first kappa shape index (κ1) is 22.4.